The quantitative estimate of drug-likeness (QED) is 0.906. The minimum absolute atomic E-state index is 0.197. The van der Waals surface area contributed by atoms with Gasteiger partial charge in [0, 0.05) is 0 Å². The molecule has 2 atom stereocenters. The average Bonchev–Trinajstić information content (AvgIpc) is 2.48. The van der Waals surface area contributed by atoms with Gasteiger partial charge in [0.15, 0.2) is 0 Å². The number of likely N-dealkylation sites (N-methyl/N-ethyl adjacent to an activating group) is 1. The average molecular weight is 253 g/mol. The first-order chi connectivity index (χ1) is 9.38. The smallest absolute Gasteiger partial charge is 0.119 e. The maximum absolute atomic E-state index is 6.15. The minimum atomic E-state index is 0.197. The minimum Gasteiger partial charge on any atom is -0.488 e. The van der Waals surface area contributed by atoms with Gasteiger partial charge in [-0.15, -0.1) is 0 Å². The number of ether oxygens (including phenoxy) is 1. The molecule has 3 rings (SSSR count). The molecule has 0 fully saturated rings. The second-order valence-electron chi connectivity index (χ2n) is 4.97. The van der Waals surface area contributed by atoms with Crippen molar-refractivity contribution in [2.75, 3.05) is 7.05 Å². The molecule has 0 radical (unpaired) electrons. The summed E-state index contributed by atoms with van der Waals surface area (Å²) in [6.07, 6.45) is 2.34. The summed E-state index contributed by atoms with van der Waals surface area (Å²) in [5.74, 6) is 0.951. The molecular formula is C17H19NO. The maximum Gasteiger partial charge on any atom is 0.119 e. The largest absolute Gasteiger partial charge is 0.488 e. The molecule has 0 amide bonds. The summed E-state index contributed by atoms with van der Waals surface area (Å²) in [7, 11) is 2.01. The van der Waals surface area contributed by atoms with Crippen LogP contribution in [0.2, 0.25) is 0 Å². The van der Waals surface area contributed by atoms with Crippen LogP contribution >= 0.6 is 0 Å². The summed E-state index contributed by atoms with van der Waals surface area (Å²) < 4.78 is 6.15. The second-order valence-corrected chi connectivity index (χ2v) is 4.97. The third kappa shape index (κ3) is 2.49. The Morgan fingerprint density at radius 1 is 1.00 bits per heavy atom. The Kier molecular flexibility index (Phi) is 3.51. The van der Waals surface area contributed by atoms with Crippen LogP contribution in [-0.2, 0) is 6.42 Å². The highest BCUT2D eigenvalue weighted by molar-refractivity contribution is 5.34. The van der Waals surface area contributed by atoms with Crippen molar-refractivity contribution in [2.24, 2.45) is 0 Å². The molecular weight excluding hydrogens is 234 g/mol. The van der Waals surface area contributed by atoms with E-state index in [4.69, 9.17) is 4.74 Å². The van der Waals surface area contributed by atoms with E-state index in [-0.39, 0.29) is 12.1 Å². The molecule has 0 saturated carbocycles. The van der Waals surface area contributed by atoms with Gasteiger partial charge >= 0.3 is 0 Å². The Labute approximate surface area is 114 Å². The first kappa shape index (κ1) is 12.2. The summed E-state index contributed by atoms with van der Waals surface area (Å²) >= 11 is 0. The Balaban J connectivity index is 1.84. The third-order valence-corrected chi connectivity index (χ3v) is 3.80. The topological polar surface area (TPSA) is 21.3 Å². The van der Waals surface area contributed by atoms with Crippen LogP contribution in [0.3, 0.4) is 0 Å². The van der Waals surface area contributed by atoms with Gasteiger partial charge in [-0.3, -0.25) is 0 Å². The van der Waals surface area contributed by atoms with Gasteiger partial charge in [-0.05, 0) is 43.1 Å². The number of para-hydroxylation sites is 1. The standard InChI is InChI=1S/C17H19NO/c1-18-17-15-10-6-5-7-13(15)11-12-16(17)19-14-8-3-2-4-9-14/h2-10,16-18H,11-12H2,1H3. The zero-order valence-corrected chi connectivity index (χ0v) is 11.2. The fraction of sp³-hybridized carbons (Fsp3) is 0.294. The Hall–Kier alpha value is -1.80. The highest BCUT2D eigenvalue weighted by Crippen LogP contribution is 2.32. The SMILES string of the molecule is CNC1c2ccccc2CCC1Oc1ccccc1. The van der Waals surface area contributed by atoms with Gasteiger partial charge in [-0.2, -0.15) is 0 Å². The molecule has 1 aliphatic rings. The number of aryl methyl sites for hydroxylation is 1. The zero-order valence-electron chi connectivity index (χ0n) is 11.2. The summed E-state index contributed by atoms with van der Waals surface area (Å²) in [5, 5.41) is 3.41. The Morgan fingerprint density at radius 2 is 1.74 bits per heavy atom. The molecule has 98 valence electrons. The van der Waals surface area contributed by atoms with Crippen molar-refractivity contribution >= 4 is 0 Å². The number of nitrogens with one attached hydrogen (secondary N) is 1. The number of rotatable bonds is 3. The zero-order chi connectivity index (χ0) is 13.1. The molecule has 1 aliphatic carbocycles. The van der Waals surface area contributed by atoms with Crippen molar-refractivity contribution < 1.29 is 4.74 Å². The fourth-order valence-electron chi connectivity index (χ4n) is 2.87. The summed E-state index contributed by atoms with van der Waals surface area (Å²) in [6, 6.07) is 19.0. The van der Waals surface area contributed by atoms with E-state index in [1.54, 1.807) is 0 Å². The second kappa shape index (κ2) is 5.45. The molecule has 1 N–H and O–H groups in total. The Morgan fingerprint density at radius 3 is 2.53 bits per heavy atom. The van der Waals surface area contributed by atoms with Crippen molar-refractivity contribution in [3.05, 3.63) is 65.7 Å². The third-order valence-electron chi connectivity index (χ3n) is 3.80. The van der Waals surface area contributed by atoms with Crippen LogP contribution in [0.25, 0.3) is 0 Å². The molecule has 0 spiro atoms. The molecule has 0 bridgehead atoms. The van der Waals surface area contributed by atoms with Gasteiger partial charge in [0.25, 0.3) is 0 Å². The van der Waals surface area contributed by atoms with Crippen LogP contribution < -0.4 is 10.1 Å². The molecule has 2 aromatic carbocycles. The van der Waals surface area contributed by atoms with Gasteiger partial charge in [-0.1, -0.05) is 42.5 Å². The highest BCUT2D eigenvalue weighted by atomic mass is 16.5. The van der Waals surface area contributed by atoms with Gasteiger partial charge in [0.05, 0.1) is 6.04 Å². The maximum atomic E-state index is 6.15. The molecule has 2 unspecified atom stereocenters. The highest BCUT2D eigenvalue weighted by Gasteiger charge is 2.29. The lowest BCUT2D eigenvalue weighted by Crippen LogP contribution is -2.37. The van der Waals surface area contributed by atoms with Crippen LogP contribution in [0.5, 0.6) is 5.75 Å². The molecule has 19 heavy (non-hydrogen) atoms. The van der Waals surface area contributed by atoms with Crippen molar-refractivity contribution in [2.45, 2.75) is 25.0 Å². The number of fused-ring (bicyclic) bond motifs is 1. The fourth-order valence-corrected chi connectivity index (χ4v) is 2.87. The Bertz CT molecular complexity index is 538. The van der Waals surface area contributed by atoms with E-state index < -0.39 is 0 Å². The van der Waals surface area contributed by atoms with Crippen molar-refractivity contribution in [1.82, 2.24) is 5.32 Å². The van der Waals surface area contributed by atoms with Crippen LogP contribution in [0.4, 0.5) is 0 Å². The molecule has 0 aliphatic heterocycles. The van der Waals surface area contributed by atoms with Gasteiger partial charge in [0.2, 0.25) is 0 Å². The molecule has 0 aromatic heterocycles. The van der Waals surface area contributed by atoms with Crippen molar-refractivity contribution in [3.63, 3.8) is 0 Å². The molecule has 0 heterocycles. The van der Waals surface area contributed by atoms with Crippen molar-refractivity contribution in [1.29, 1.82) is 0 Å². The molecule has 0 saturated heterocycles. The summed E-state index contributed by atoms with van der Waals surface area (Å²) in [6.45, 7) is 0. The lowest BCUT2D eigenvalue weighted by atomic mass is 9.85. The first-order valence-electron chi connectivity index (χ1n) is 6.85. The van der Waals surface area contributed by atoms with E-state index in [0.29, 0.717) is 0 Å². The van der Waals surface area contributed by atoms with Gasteiger partial charge < -0.3 is 10.1 Å². The monoisotopic (exact) mass is 253 g/mol. The van der Waals surface area contributed by atoms with Crippen LogP contribution in [0, 0.1) is 0 Å². The van der Waals surface area contributed by atoms with E-state index in [1.807, 2.05) is 37.4 Å². The predicted octanol–water partition coefficient (Wildman–Crippen LogP) is 3.34. The van der Waals surface area contributed by atoms with Crippen LogP contribution in [-0.4, -0.2) is 13.2 Å². The van der Waals surface area contributed by atoms with E-state index >= 15 is 0 Å². The first-order valence-corrected chi connectivity index (χ1v) is 6.85. The molecule has 2 heteroatoms. The van der Waals surface area contributed by atoms with Gasteiger partial charge in [0.1, 0.15) is 11.9 Å². The molecule has 2 aromatic rings. The van der Waals surface area contributed by atoms with Crippen LogP contribution in [0.1, 0.15) is 23.6 Å². The van der Waals surface area contributed by atoms with Crippen molar-refractivity contribution in [3.8, 4) is 5.75 Å². The van der Waals surface area contributed by atoms with Gasteiger partial charge in [-0.25, -0.2) is 0 Å². The lowest BCUT2D eigenvalue weighted by molar-refractivity contribution is 0.139. The van der Waals surface area contributed by atoms with Crippen LogP contribution in [0.15, 0.2) is 54.6 Å². The predicted molar refractivity (Wildman–Crippen MR) is 77.4 cm³/mol. The number of benzene rings is 2. The number of hydrogen-bond donors (Lipinski definition) is 1. The normalized spacial score (nSPS) is 21.7. The lowest BCUT2D eigenvalue weighted by Gasteiger charge is -2.33. The van der Waals surface area contributed by atoms with E-state index in [9.17, 15) is 0 Å². The van der Waals surface area contributed by atoms with E-state index in [0.717, 1.165) is 18.6 Å². The van der Waals surface area contributed by atoms with E-state index in [2.05, 4.69) is 29.6 Å². The summed E-state index contributed by atoms with van der Waals surface area (Å²) in [5.41, 5.74) is 2.81. The summed E-state index contributed by atoms with van der Waals surface area (Å²) in [4.78, 5) is 0. The molecule has 2 nitrogen and oxygen atoms in total. The number of hydrogen-bond acceptors (Lipinski definition) is 2. The van der Waals surface area contributed by atoms with E-state index in [1.165, 1.54) is 11.1 Å².